The summed E-state index contributed by atoms with van der Waals surface area (Å²) in [7, 11) is 7.65. The summed E-state index contributed by atoms with van der Waals surface area (Å²) in [6.45, 7) is 8.24. The predicted octanol–water partition coefficient (Wildman–Crippen LogP) is 4.75. The highest BCUT2D eigenvalue weighted by atomic mass is 16.6. The van der Waals surface area contributed by atoms with Gasteiger partial charge in [0.15, 0.2) is 35.5 Å². The lowest BCUT2D eigenvalue weighted by Gasteiger charge is -2.31. The third kappa shape index (κ3) is 12.4. The molecule has 0 spiro atoms. The van der Waals surface area contributed by atoms with Crippen LogP contribution in [0, 0.1) is 0 Å². The second kappa shape index (κ2) is 26.4. The molecule has 2 aromatic carbocycles. The van der Waals surface area contributed by atoms with Crippen molar-refractivity contribution in [2.24, 2.45) is 21.1 Å². The van der Waals surface area contributed by atoms with E-state index in [0.717, 1.165) is 9.80 Å². The van der Waals surface area contributed by atoms with Crippen molar-refractivity contribution in [2.45, 2.75) is 63.1 Å². The first-order valence-electron chi connectivity index (χ1n) is 27.9. The summed E-state index contributed by atoms with van der Waals surface area (Å²) in [5, 5.41) is 34.0. The number of carbonyl (C=O) groups excluding carboxylic acids is 8. The van der Waals surface area contributed by atoms with Crippen molar-refractivity contribution in [3.63, 3.8) is 0 Å². The van der Waals surface area contributed by atoms with E-state index < -0.39 is 60.4 Å². The SMILES string of the molecule is C=CCOC(=O)N1c2cc(OCCCNC(=O)c3cc(NC(=O)c4ccc(C(=O)Nc5cc(C(=O)NCCCOc6cc7c(cc6OC)C(=O)N6CCC[C@H]6[C@H](O)N7C(=O)OCC=C)n(C)c5)n4C)cn3C)c(OC)cc2C(=O)N2CCCC2[C@@H]1O. The Labute approximate surface area is 494 Å². The number of hydrogen-bond acceptors (Lipinski definition) is 16. The molecule has 8 amide bonds. The maximum absolute atomic E-state index is 13.7. The lowest BCUT2D eigenvalue weighted by Crippen LogP contribution is -2.50. The Hall–Kier alpha value is -9.76. The normalized spacial score (nSPS) is 17.7. The van der Waals surface area contributed by atoms with Gasteiger partial charge in [-0.3, -0.25) is 28.8 Å². The number of aryl methyl sites for hydroxylation is 2. The Morgan fingerprint density at radius 1 is 0.581 bits per heavy atom. The molecule has 0 radical (unpaired) electrons. The van der Waals surface area contributed by atoms with E-state index in [2.05, 4.69) is 34.4 Å². The molecule has 9 rings (SSSR count). The van der Waals surface area contributed by atoms with Gasteiger partial charge in [-0.1, -0.05) is 25.3 Å². The second-order valence-electron chi connectivity index (χ2n) is 20.7. The van der Waals surface area contributed by atoms with E-state index in [1.807, 2.05) is 0 Å². The summed E-state index contributed by atoms with van der Waals surface area (Å²) in [6, 6.07) is 10.5. The average molecular weight is 1190 g/mol. The van der Waals surface area contributed by atoms with Crippen LogP contribution in [0.4, 0.5) is 32.3 Å². The van der Waals surface area contributed by atoms with E-state index in [1.54, 1.807) is 52.5 Å². The molecule has 3 aromatic heterocycles. The van der Waals surface area contributed by atoms with Crippen LogP contribution in [-0.4, -0.2) is 173 Å². The van der Waals surface area contributed by atoms with Crippen molar-refractivity contribution < 1.29 is 77.0 Å². The summed E-state index contributed by atoms with van der Waals surface area (Å²) in [4.78, 5) is 113. The topological polar surface area (TPSA) is 308 Å². The molecule has 4 aliphatic heterocycles. The molecule has 1 unspecified atom stereocenters. The molecule has 4 aliphatic rings. The van der Waals surface area contributed by atoms with Gasteiger partial charge in [0.1, 0.15) is 36.0 Å². The summed E-state index contributed by atoms with van der Waals surface area (Å²) >= 11 is 0. The molecule has 0 aliphatic carbocycles. The molecule has 2 saturated heterocycles. The summed E-state index contributed by atoms with van der Waals surface area (Å²) in [6.07, 6.45) is 4.34. The number of aromatic nitrogens is 3. The number of aliphatic hydroxyl groups is 2. The maximum Gasteiger partial charge on any atom is 0.416 e. The molecule has 5 aromatic rings. The zero-order valence-corrected chi connectivity index (χ0v) is 48.3. The van der Waals surface area contributed by atoms with Crippen LogP contribution in [0.25, 0.3) is 0 Å². The van der Waals surface area contributed by atoms with Crippen LogP contribution in [0.3, 0.4) is 0 Å². The first-order chi connectivity index (χ1) is 41.4. The molecular weight excluding hydrogens is 1120 g/mol. The van der Waals surface area contributed by atoms with Crippen LogP contribution < -0.4 is 50.0 Å². The van der Waals surface area contributed by atoms with Crippen molar-refractivity contribution in [3.8, 4) is 23.0 Å². The van der Waals surface area contributed by atoms with E-state index in [4.69, 9.17) is 28.4 Å². The molecule has 27 nitrogen and oxygen atoms in total. The van der Waals surface area contributed by atoms with Gasteiger partial charge in [0.05, 0.1) is 73.4 Å². The van der Waals surface area contributed by atoms with Crippen molar-refractivity contribution in [1.82, 2.24) is 34.1 Å². The first kappa shape index (κ1) is 60.8. The van der Waals surface area contributed by atoms with Crippen LogP contribution >= 0.6 is 0 Å². The fraction of sp³-hybridized carbons (Fsp3) is 0.390. The number of nitrogens with zero attached hydrogens (tertiary/aromatic N) is 7. The Morgan fingerprint density at radius 3 is 1.37 bits per heavy atom. The maximum atomic E-state index is 13.7. The lowest BCUT2D eigenvalue weighted by atomic mass is 10.1. The Bertz CT molecular complexity index is 3260. The van der Waals surface area contributed by atoms with Crippen molar-refractivity contribution >= 4 is 70.4 Å². The van der Waals surface area contributed by atoms with Crippen molar-refractivity contribution in [2.75, 3.05) is 87.3 Å². The number of ether oxygens (including phenoxy) is 6. The summed E-state index contributed by atoms with van der Waals surface area (Å²) in [5.74, 6) is -1.92. The quantitative estimate of drug-likeness (QED) is 0.0402. The largest absolute Gasteiger partial charge is 0.493 e. The number of anilines is 4. The zero-order chi connectivity index (χ0) is 61.5. The van der Waals surface area contributed by atoms with Gasteiger partial charge in [-0.25, -0.2) is 19.4 Å². The van der Waals surface area contributed by atoms with Crippen LogP contribution in [0.2, 0.25) is 0 Å². The van der Waals surface area contributed by atoms with Gasteiger partial charge in [0, 0.05) is 71.8 Å². The summed E-state index contributed by atoms with van der Waals surface area (Å²) in [5.41, 5.74) is 1.81. The van der Waals surface area contributed by atoms with Gasteiger partial charge >= 0.3 is 12.2 Å². The number of nitrogens with one attached hydrogen (secondary N) is 4. The highest BCUT2D eigenvalue weighted by molar-refractivity contribution is 6.09. The fourth-order valence-electron chi connectivity index (χ4n) is 11.0. The number of hydrogen-bond donors (Lipinski definition) is 6. The fourth-order valence-corrected chi connectivity index (χ4v) is 11.0. The minimum Gasteiger partial charge on any atom is -0.493 e. The molecule has 27 heteroatoms. The van der Waals surface area contributed by atoms with Gasteiger partial charge in [-0.05, 0) is 74.9 Å². The standard InChI is InChI=1S/C59H69N11O16/c1-8-22-85-58(79)69-42-30-48(46(81-6)28-36(42)54(75)67-20-10-14-40(67)56(69)77)83-24-12-18-60-50(71)44-26-34(32-64(44)3)62-52(73)38-16-17-39(66(38)5)53(74)63-35-27-45(65(4)33-35)51(72)61-19-13-25-84-49-31-43-37(29-47(49)82-7)55(76)68-21-11-15-41(68)57(78)70(43)59(80)86-23-9-2/h8-9,16-17,26-33,40-41,56-57,77-78H,1-2,10-15,18-25H2,3-7H3,(H,60,71)(H,61,72)(H,62,73)(H,63,74)/t40-,41?,56-,57-/m0/s1. The van der Waals surface area contributed by atoms with E-state index in [1.165, 1.54) is 79.5 Å². The molecule has 7 heterocycles. The third-order valence-electron chi connectivity index (χ3n) is 15.2. The minimum absolute atomic E-state index is 0.0756. The zero-order valence-electron chi connectivity index (χ0n) is 48.3. The second-order valence-corrected chi connectivity index (χ2v) is 20.7. The number of amides is 8. The third-order valence-corrected chi connectivity index (χ3v) is 15.2. The van der Waals surface area contributed by atoms with Crippen LogP contribution in [-0.2, 0) is 30.6 Å². The Kier molecular flexibility index (Phi) is 18.7. The molecule has 2 fully saturated rings. The highest BCUT2D eigenvalue weighted by Gasteiger charge is 2.47. The Morgan fingerprint density at radius 2 is 0.988 bits per heavy atom. The highest BCUT2D eigenvalue weighted by Crippen LogP contribution is 2.43. The average Bonchev–Trinajstić information content (AvgIpc) is 1.77. The van der Waals surface area contributed by atoms with E-state index in [9.17, 15) is 48.6 Å². The number of benzene rings is 2. The van der Waals surface area contributed by atoms with E-state index in [-0.39, 0.29) is 120 Å². The van der Waals surface area contributed by atoms with Crippen molar-refractivity contribution in [3.05, 3.63) is 120 Å². The molecular formula is C59H69N11O16. The van der Waals surface area contributed by atoms with Crippen LogP contribution in [0.5, 0.6) is 23.0 Å². The van der Waals surface area contributed by atoms with Crippen LogP contribution in [0.15, 0.2) is 86.2 Å². The van der Waals surface area contributed by atoms with Gasteiger partial charge in [0.25, 0.3) is 35.4 Å². The number of rotatable bonds is 22. The molecule has 456 valence electrons. The summed E-state index contributed by atoms with van der Waals surface area (Å²) < 4.78 is 38.3. The number of carbonyl (C=O) groups is 8. The molecule has 4 atom stereocenters. The van der Waals surface area contributed by atoms with Crippen LogP contribution in [0.1, 0.15) is 101 Å². The number of methoxy groups -OCH3 is 2. The molecule has 86 heavy (non-hydrogen) atoms. The van der Waals surface area contributed by atoms with Crippen molar-refractivity contribution in [1.29, 1.82) is 0 Å². The van der Waals surface area contributed by atoms with Gasteiger partial charge in [-0.2, -0.15) is 0 Å². The predicted molar refractivity (Wildman–Crippen MR) is 311 cm³/mol. The number of fused-ring (bicyclic) bond motifs is 4. The molecule has 0 saturated carbocycles. The monoisotopic (exact) mass is 1190 g/mol. The lowest BCUT2D eigenvalue weighted by molar-refractivity contribution is 0.0495. The van der Waals surface area contributed by atoms with Gasteiger partial charge < -0.3 is 83.4 Å². The van der Waals surface area contributed by atoms with Gasteiger partial charge in [0.2, 0.25) is 0 Å². The molecule has 0 bridgehead atoms. The smallest absolute Gasteiger partial charge is 0.416 e. The minimum atomic E-state index is -1.39. The Balaban J connectivity index is 0.744. The number of aliphatic hydroxyl groups excluding tert-OH is 2. The van der Waals surface area contributed by atoms with Gasteiger partial charge in [-0.15, -0.1) is 0 Å². The van der Waals surface area contributed by atoms with E-state index in [0.29, 0.717) is 63.0 Å². The van der Waals surface area contributed by atoms with E-state index >= 15 is 0 Å². The first-order valence-corrected chi connectivity index (χ1v) is 27.9. The molecule has 6 N–H and O–H groups in total.